The molecule has 88 valence electrons. The van der Waals surface area contributed by atoms with Crippen molar-refractivity contribution >= 4 is 28.9 Å². The summed E-state index contributed by atoms with van der Waals surface area (Å²) in [4.78, 5) is 0. The molecule has 0 bridgehead atoms. The molecule has 1 saturated carbocycles. The van der Waals surface area contributed by atoms with Gasteiger partial charge in [-0.1, -0.05) is 23.2 Å². The Kier molecular flexibility index (Phi) is 3.47. The number of phenols is 1. The highest BCUT2D eigenvalue weighted by Gasteiger charge is 2.28. The van der Waals surface area contributed by atoms with Gasteiger partial charge in [0.05, 0.1) is 16.1 Å². The SMILES string of the molecule is COC1CC(Nc2cc(Cl)c(O)c(Cl)c2)C1. The van der Waals surface area contributed by atoms with Crippen LogP contribution in [-0.4, -0.2) is 24.4 Å². The van der Waals surface area contributed by atoms with Gasteiger partial charge in [0.1, 0.15) is 0 Å². The fourth-order valence-corrected chi connectivity index (χ4v) is 2.25. The number of aromatic hydroxyl groups is 1. The lowest BCUT2D eigenvalue weighted by molar-refractivity contribution is 0.0329. The molecular weight excluding hydrogens is 249 g/mol. The van der Waals surface area contributed by atoms with Crippen molar-refractivity contribution in [2.45, 2.75) is 25.0 Å². The zero-order valence-corrected chi connectivity index (χ0v) is 10.3. The summed E-state index contributed by atoms with van der Waals surface area (Å²) < 4.78 is 5.19. The van der Waals surface area contributed by atoms with Crippen LogP contribution in [0.3, 0.4) is 0 Å². The predicted octanol–water partition coefficient (Wildman–Crippen LogP) is 3.29. The third-order valence-electron chi connectivity index (χ3n) is 2.82. The Morgan fingerprint density at radius 2 is 1.88 bits per heavy atom. The maximum atomic E-state index is 9.40. The van der Waals surface area contributed by atoms with Crippen molar-refractivity contribution in [3.8, 4) is 5.75 Å². The van der Waals surface area contributed by atoms with E-state index in [1.807, 2.05) is 0 Å². The maximum absolute atomic E-state index is 9.40. The minimum absolute atomic E-state index is 0.0720. The molecule has 0 aliphatic heterocycles. The van der Waals surface area contributed by atoms with Crippen LogP contribution in [0.2, 0.25) is 10.0 Å². The predicted molar refractivity (Wildman–Crippen MR) is 65.6 cm³/mol. The van der Waals surface area contributed by atoms with Gasteiger partial charge < -0.3 is 15.2 Å². The summed E-state index contributed by atoms with van der Waals surface area (Å²) in [6.45, 7) is 0. The van der Waals surface area contributed by atoms with Crippen LogP contribution in [0.25, 0.3) is 0 Å². The first-order valence-corrected chi connectivity index (χ1v) is 5.83. The first-order valence-electron chi connectivity index (χ1n) is 5.07. The summed E-state index contributed by atoms with van der Waals surface area (Å²) in [6, 6.07) is 3.73. The molecule has 3 nitrogen and oxygen atoms in total. The lowest BCUT2D eigenvalue weighted by Crippen LogP contribution is -2.40. The minimum Gasteiger partial charge on any atom is -0.505 e. The second kappa shape index (κ2) is 4.70. The van der Waals surface area contributed by atoms with Gasteiger partial charge in [0.25, 0.3) is 0 Å². The molecule has 0 heterocycles. The largest absolute Gasteiger partial charge is 0.505 e. The van der Waals surface area contributed by atoms with E-state index in [-0.39, 0.29) is 15.8 Å². The van der Waals surface area contributed by atoms with Gasteiger partial charge in [-0.15, -0.1) is 0 Å². The molecule has 16 heavy (non-hydrogen) atoms. The molecule has 0 atom stereocenters. The van der Waals surface area contributed by atoms with Gasteiger partial charge in [-0.3, -0.25) is 0 Å². The highest BCUT2D eigenvalue weighted by molar-refractivity contribution is 6.37. The standard InChI is InChI=1S/C11H13Cl2NO2/c1-16-8-2-6(3-8)14-7-4-9(12)11(15)10(13)5-7/h4-6,8,14-15H,2-3H2,1H3. The Bertz CT molecular complexity index is 369. The highest BCUT2D eigenvalue weighted by Crippen LogP contribution is 2.36. The summed E-state index contributed by atoms with van der Waals surface area (Å²) >= 11 is 11.6. The van der Waals surface area contributed by atoms with Crippen LogP contribution >= 0.6 is 23.2 Å². The number of hydrogen-bond acceptors (Lipinski definition) is 3. The monoisotopic (exact) mass is 261 g/mol. The minimum atomic E-state index is -0.0720. The van der Waals surface area contributed by atoms with Crippen molar-refractivity contribution in [1.29, 1.82) is 0 Å². The van der Waals surface area contributed by atoms with Gasteiger partial charge in [0.15, 0.2) is 5.75 Å². The fourth-order valence-electron chi connectivity index (χ4n) is 1.76. The second-order valence-electron chi connectivity index (χ2n) is 3.96. The smallest absolute Gasteiger partial charge is 0.152 e. The van der Waals surface area contributed by atoms with Crippen LogP contribution in [0.5, 0.6) is 5.75 Å². The lowest BCUT2D eigenvalue weighted by atomic mass is 9.89. The van der Waals surface area contributed by atoms with Crippen LogP contribution in [0.15, 0.2) is 12.1 Å². The number of hydrogen-bond donors (Lipinski definition) is 2. The van der Waals surface area contributed by atoms with Crippen molar-refractivity contribution in [1.82, 2.24) is 0 Å². The number of halogens is 2. The van der Waals surface area contributed by atoms with E-state index in [2.05, 4.69) is 5.32 Å². The summed E-state index contributed by atoms with van der Waals surface area (Å²) in [5.41, 5.74) is 0.826. The summed E-state index contributed by atoms with van der Waals surface area (Å²) in [5.74, 6) is -0.0720. The average molecular weight is 262 g/mol. The third kappa shape index (κ3) is 2.37. The average Bonchev–Trinajstić information content (AvgIpc) is 2.19. The number of benzene rings is 1. The van der Waals surface area contributed by atoms with Crippen LogP contribution in [-0.2, 0) is 4.74 Å². The first-order chi connectivity index (χ1) is 7.60. The van der Waals surface area contributed by atoms with E-state index in [0.29, 0.717) is 12.1 Å². The number of nitrogens with one attached hydrogen (secondary N) is 1. The van der Waals surface area contributed by atoms with Crippen molar-refractivity contribution in [3.05, 3.63) is 22.2 Å². The zero-order valence-electron chi connectivity index (χ0n) is 8.84. The molecular formula is C11H13Cl2NO2. The molecule has 1 aromatic carbocycles. The number of phenolic OH excluding ortho intramolecular Hbond substituents is 1. The van der Waals surface area contributed by atoms with E-state index in [4.69, 9.17) is 27.9 Å². The Labute approximate surface area is 104 Å². The molecule has 0 spiro atoms. The second-order valence-corrected chi connectivity index (χ2v) is 4.77. The van der Waals surface area contributed by atoms with Gasteiger partial charge in [0, 0.05) is 18.8 Å². The molecule has 2 N–H and O–H groups in total. The van der Waals surface area contributed by atoms with Gasteiger partial charge in [-0.05, 0) is 25.0 Å². The van der Waals surface area contributed by atoms with E-state index >= 15 is 0 Å². The molecule has 2 rings (SSSR count). The van der Waals surface area contributed by atoms with Crippen LogP contribution in [0.4, 0.5) is 5.69 Å². The first kappa shape index (κ1) is 11.8. The summed E-state index contributed by atoms with van der Waals surface area (Å²) in [6.07, 6.45) is 2.31. The molecule has 0 aromatic heterocycles. The molecule has 0 saturated heterocycles. The van der Waals surface area contributed by atoms with Crippen molar-refractivity contribution in [2.75, 3.05) is 12.4 Å². The Morgan fingerprint density at radius 3 is 2.38 bits per heavy atom. The Hall–Kier alpha value is -0.640. The van der Waals surface area contributed by atoms with Gasteiger partial charge >= 0.3 is 0 Å². The van der Waals surface area contributed by atoms with Crippen molar-refractivity contribution in [2.24, 2.45) is 0 Å². The summed E-state index contributed by atoms with van der Waals surface area (Å²) in [5, 5.41) is 13.2. The molecule has 1 aliphatic carbocycles. The normalized spacial score (nSPS) is 23.9. The fraction of sp³-hybridized carbons (Fsp3) is 0.455. The van der Waals surface area contributed by atoms with E-state index in [1.54, 1.807) is 19.2 Å². The zero-order chi connectivity index (χ0) is 11.7. The molecule has 1 aliphatic rings. The van der Waals surface area contributed by atoms with Crippen LogP contribution < -0.4 is 5.32 Å². The molecule has 1 fully saturated rings. The van der Waals surface area contributed by atoms with Gasteiger partial charge in [-0.25, -0.2) is 0 Å². The molecule has 5 heteroatoms. The molecule has 1 aromatic rings. The van der Waals surface area contributed by atoms with Crippen molar-refractivity contribution in [3.63, 3.8) is 0 Å². The number of methoxy groups -OCH3 is 1. The topological polar surface area (TPSA) is 41.5 Å². The van der Waals surface area contributed by atoms with Crippen LogP contribution in [0.1, 0.15) is 12.8 Å². The summed E-state index contributed by atoms with van der Waals surface area (Å²) in [7, 11) is 1.72. The molecule has 0 radical (unpaired) electrons. The lowest BCUT2D eigenvalue weighted by Gasteiger charge is -2.35. The van der Waals surface area contributed by atoms with E-state index in [9.17, 15) is 5.11 Å². The number of anilines is 1. The van der Waals surface area contributed by atoms with E-state index < -0.39 is 0 Å². The highest BCUT2D eigenvalue weighted by atomic mass is 35.5. The maximum Gasteiger partial charge on any atom is 0.152 e. The molecule has 0 unspecified atom stereocenters. The van der Waals surface area contributed by atoms with Gasteiger partial charge in [0.2, 0.25) is 0 Å². The third-order valence-corrected chi connectivity index (χ3v) is 3.39. The number of rotatable bonds is 3. The quantitative estimate of drug-likeness (QED) is 0.821. The Morgan fingerprint density at radius 1 is 1.31 bits per heavy atom. The van der Waals surface area contributed by atoms with Crippen molar-refractivity contribution < 1.29 is 9.84 Å². The Balaban J connectivity index is 2.01. The van der Waals surface area contributed by atoms with Gasteiger partial charge in [-0.2, -0.15) is 0 Å². The number of ether oxygens (including phenoxy) is 1. The van der Waals surface area contributed by atoms with E-state index in [1.165, 1.54) is 0 Å². The molecule has 0 amide bonds. The van der Waals surface area contributed by atoms with E-state index in [0.717, 1.165) is 18.5 Å². The van der Waals surface area contributed by atoms with Crippen LogP contribution in [0, 0.1) is 0 Å².